The van der Waals surface area contributed by atoms with E-state index >= 15 is 0 Å². The molecule has 0 radical (unpaired) electrons. The van der Waals surface area contributed by atoms with E-state index in [0.717, 1.165) is 23.0 Å². The standard InChI is InChI=1S/C20H17ClN4O/c21-17-5-6-18-16(9-17)10-19(24-18)20(26)23-11-14-1-3-15(4-2-14)12-25-8-7-22-13-25/h1-10,13,24H,11-12H2,(H,23,26). The van der Waals surface area contributed by atoms with Gasteiger partial charge < -0.3 is 14.9 Å². The van der Waals surface area contributed by atoms with Crippen LogP contribution >= 0.6 is 11.6 Å². The van der Waals surface area contributed by atoms with Gasteiger partial charge in [-0.05, 0) is 35.4 Å². The van der Waals surface area contributed by atoms with Crippen molar-refractivity contribution in [1.29, 1.82) is 0 Å². The van der Waals surface area contributed by atoms with Gasteiger partial charge in [0.15, 0.2) is 0 Å². The van der Waals surface area contributed by atoms with Crippen LogP contribution in [0.4, 0.5) is 0 Å². The van der Waals surface area contributed by atoms with Gasteiger partial charge in [0, 0.05) is 41.4 Å². The number of hydrogen-bond donors (Lipinski definition) is 2. The molecule has 2 aromatic heterocycles. The summed E-state index contributed by atoms with van der Waals surface area (Å²) in [6.07, 6.45) is 5.49. The second-order valence-electron chi connectivity index (χ2n) is 6.15. The van der Waals surface area contributed by atoms with Crippen molar-refractivity contribution in [2.24, 2.45) is 0 Å². The molecule has 0 unspecified atom stereocenters. The molecule has 4 rings (SSSR count). The lowest BCUT2D eigenvalue weighted by Gasteiger charge is -2.06. The molecular weight excluding hydrogens is 348 g/mol. The maximum absolute atomic E-state index is 12.4. The average Bonchev–Trinajstić information content (AvgIpc) is 3.30. The molecule has 1 amide bonds. The molecule has 5 nitrogen and oxygen atoms in total. The Balaban J connectivity index is 1.38. The predicted molar refractivity (Wildman–Crippen MR) is 102 cm³/mol. The van der Waals surface area contributed by atoms with Crippen molar-refractivity contribution in [1.82, 2.24) is 19.9 Å². The number of aromatic nitrogens is 3. The number of rotatable bonds is 5. The largest absolute Gasteiger partial charge is 0.351 e. The van der Waals surface area contributed by atoms with Crippen LogP contribution in [0.25, 0.3) is 10.9 Å². The molecule has 6 heteroatoms. The Bertz CT molecular complexity index is 1040. The van der Waals surface area contributed by atoms with Crippen LogP contribution in [-0.4, -0.2) is 20.4 Å². The third-order valence-electron chi connectivity index (χ3n) is 4.23. The first-order valence-corrected chi connectivity index (χ1v) is 8.65. The minimum absolute atomic E-state index is 0.139. The molecule has 2 heterocycles. The molecule has 130 valence electrons. The lowest BCUT2D eigenvalue weighted by Crippen LogP contribution is -2.23. The Morgan fingerprint density at radius 3 is 2.69 bits per heavy atom. The van der Waals surface area contributed by atoms with Crippen molar-refractivity contribution in [3.63, 3.8) is 0 Å². The van der Waals surface area contributed by atoms with Crippen molar-refractivity contribution in [2.45, 2.75) is 13.1 Å². The zero-order valence-electron chi connectivity index (χ0n) is 13.9. The molecule has 0 aliphatic rings. The summed E-state index contributed by atoms with van der Waals surface area (Å²) in [7, 11) is 0. The van der Waals surface area contributed by atoms with Gasteiger partial charge in [0.2, 0.25) is 0 Å². The summed E-state index contributed by atoms with van der Waals surface area (Å²) in [6.45, 7) is 1.25. The number of amides is 1. The third kappa shape index (κ3) is 3.63. The van der Waals surface area contributed by atoms with Crippen LogP contribution in [0.2, 0.25) is 5.02 Å². The van der Waals surface area contributed by atoms with E-state index in [2.05, 4.69) is 27.4 Å². The fourth-order valence-corrected chi connectivity index (χ4v) is 3.04. The molecule has 0 spiro atoms. The monoisotopic (exact) mass is 364 g/mol. The number of nitrogens with one attached hydrogen (secondary N) is 2. The van der Waals surface area contributed by atoms with Gasteiger partial charge in [0.05, 0.1) is 6.33 Å². The highest BCUT2D eigenvalue weighted by atomic mass is 35.5. The molecule has 2 N–H and O–H groups in total. The highest BCUT2D eigenvalue weighted by Crippen LogP contribution is 2.20. The maximum atomic E-state index is 12.4. The van der Waals surface area contributed by atoms with Gasteiger partial charge in [-0.15, -0.1) is 0 Å². The first-order chi connectivity index (χ1) is 12.7. The number of aromatic amines is 1. The number of carbonyl (C=O) groups is 1. The van der Waals surface area contributed by atoms with E-state index in [0.29, 0.717) is 17.3 Å². The van der Waals surface area contributed by atoms with Crippen LogP contribution in [0.5, 0.6) is 0 Å². The Hall–Kier alpha value is -3.05. The van der Waals surface area contributed by atoms with E-state index in [1.165, 1.54) is 5.56 Å². The predicted octanol–water partition coefficient (Wildman–Crippen LogP) is 4.00. The lowest BCUT2D eigenvalue weighted by molar-refractivity contribution is 0.0947. The normalized spacial score (nSPS) is 11.0. The summed E-state index contributed by atoms with van der Waals surface area (Å²) in [5.41, 5.74) is 3.65. The summed E-state index contributed by atoms with van der Waals surface area (Å²) in [4.78, 5) is 19.5. The highest BCUT2D eigenvalue weighted by Gasteiger charge is 2.09. The third-order valence-corrected chi connectivity index (χ3v) is 4.46. The molecule has 0 saturated carbocycles. The van der Waals surface area contributed by atoms with Crippen LogP contribution in [0.15, 0.2) is 67.3 Å². The fourth-order valence-electron chi connectivity index (χ4n) is 2.86. The molecule has 26 heavy (non-hydrogen) atoms. The van der Waals surface area contributed by atoms with Gasteiger partial charge in [0.1, 0.15) is 5.69 Å². The molecule has 0 aliphatic heterocycles. The van der Waals surface area contributed by atoms with Crippen molar-refractivity contribution in [2.75, 3.05) is 0 Å². The van der Waals surface area contributed by atoms with Crippen LogP contribution in [0.1, 0.15) is 21.6 Å². The van der Waals surface area contributed by atoms with Crippen molar-refractivity contribution in [3.05, 3.63) is 89.1 Å². The zero-order valence-corrected chi connectivity index (χ0v) is 14.7. The molecule has 4 aromatic rings. The van der Waals surface area contributed by atoms with Crippen molar-refractivity contribution >= 4 is 28.4 Å². The second kappa shape index (κ2) is 7.06. The minimum Gasteiger partial charge on any atom is -0.351 e. The van der Waals surface area contributed by atoms with E-state index in [9.17, 15) is 4.79 Å². The number of halogens is 1. The summed E-state index contributed by atoms with van der Waals surface area (Å²) in [5, 5.41) is 4.51. The lowest BCUT2D eigenvalue weighted by atomic mass is 10.1. The number of benzene rings is 2. The van der Waals surface area contributed by atoms with Gasteiger partial charge in [0.25, 0.3) is 5.91 Å². The van der Waals surface area contributed by atoms with Gasteiger partial charge >= 0.3 is 0 Å². The molecule has 0 bridgehead atoms. The Morgan fingerprint density at radius 1 is 1.12 bits per heavy atom. The Labute approximate surface area is 155 Å². The van der Waals surface area contributed by atoms with Crippen LogP contribution in [0, 0.1) is 0 Å². The number of nitrogens with zero attached hydrogens (tertiary/aromatic N) is 2. The van der Waals surface area contributed by atoms with Gasteiger partial charge in [-0.25, -0.2) is 4.98 Å². The Morgan fingerprint density at radius 2 is 1.92 bits per heavy atom. The molecular formula is C20H17ClN4O. The molecule has 0 aliphatic carbocycles. The molecule has 0 atom stereocenters. The number of carbonyl (C=O) groups excluding carboxylic acids is 1. The summed E-state index contributed by atoms with van der Waals surface area (Å²) in [5.74, 6) is -0.139. The van der Waals surface area contributed by atoms with Crippen molar-refractivity contribution in [3.8, 4) is 0 Å². The summed E-state index contributed by atoms with van der Waals surface area (Å²) >= 11 is 5.99. The quantitative estimate of drug-likeness (QED) is 0.562. The summed E-state index contributed by atoms with van der Waals surface area (Å²) in [6, 6.07) is 15.5. The topological polar surface area (TPSA) is 62.7 Å². The van der Waals surface area contributed by atoms with E-state index in [1.807, 2.05) is 41.1 Å². The number of H-pyrrole nitrogens is 1. The first-order valence-electron chi connectivity index (χ1n) is 8.27. The zero-order chi connectivity index (χ0) is 17.9. The Kier molecular flexibility index (Phi) is 4.46. The smallest absolute Gasteiger partial charge is 0.267 e. The van der Waals surface area contributed by atoms with Crippen molar-refractivity contribution < 1.29 is 4.79 Å². The second-order valence-corrected chi connectivity index (χ2v) is 6.59. The van der Waals surface area contributed by atoms with Gasteiger partial charge in [-0.2, -0.15) is 0 Å². The average molecular weight is 365 g/mol. The van der Waals surface area contributed by atoms with E-state index in [1.54, 1.807) is 18.6 Å². The van der Waals surface area contributed by atoms with Gasteiger partial charge in [-0.3, -0.25) is 4.79 Å². The van der Waals surface area contributed by atoms with Crippen LogP contribution in [-0.2, 0) is 13.1 Å². The fraction of sp³-hybridized carbons (Fsp3) is 0.100. The number of imidazole rings is 1. The first kappa shape index (κ1) is 16.4. The number of hydrogen-bond acceptors (Lipinski definition) is 2. The number of fused-ring (bicyclic) bond motifs is 1. The van der Waals surface area contributed by atoms with Crippen LogP contribution < -0.4 is 5.32 Å². The summed E-state index contributed by atoms with van der Waals surface area (Å²) < 4.78 is 2.01. The van der Waals surface area contributed by atoms with E-state index < -0.39 is 0 Å². The molecule has 0 saturated heterocycles. The van der Waals surface area contributed by atoms with E-state index in [4.69, 9.17) is 11.6 Å². The maximum Gasteiger partial charge on any atom is 0.267 e. The highest BCUT2D eigenvalue weighted by molar-refractivity contribution is 6.31. The van der Waals surface area contributed by atoms with E-state index in [-0.39, 0.29) is 5.91 Å². The van der Waals surface area contributed by atoms with Crippen LogP contribution in [0.3, 0.4) is 0 Å². The van der Waals surface area contributed by atoms with Gasteiger partial charge in [-0.1, -0.05) is 35.9 Å². The molecule has 2 aromatic carbocycles. The SMILES string of the molecule is O=C(NCc1ccc(Cn2ccnc2)cc1)c1cc2cc(Cl)ccc2[nH]1. The minimum atomic E-state index is -0.139. The molecule has 0 fully saturated rings.